The minimum Gasteiger partial charge on any atom is -0.379 e. The lowest BCUT2D eigenvalue weighted by Crippen LogP contribution is -2.47. The zero-order chi connectivity index (χ0) is 20.4. The number of likely N-dealkylation sites (N-methyl/N-ethyl adjacent to an activating group) is 1. The first-order valence-electron chi connectivity index (χ1n) is 10.0. The first-order valence-corrected chi connectivity index (χ1v) is 10.0. The molecule has 9 nitrogen and oxygen atoms in total. The quantitative estimate of drug-likeness (QED) is 0.730. The predicted octanol–water partition coefficient (Wildman–Crippen LogP) is 0.855. The second kappa shape index (κ2) is 8.46. The van der Waals surface area contributed by atoms with E-state index in [1.165, 1.54) is 0 Å². The third-order valence-electron chi connectivity index (χ3n) is 5.78. The van der Waals surface area contributed by atoms with Gasteiger partial charge in [-0.1, -0.05) is 5.16 Å². The van der Waals surface area contributed by atoms with E-state index >= 15 is 0 Å². The number of amides is 1. The Morgan fingerprint density at radius 2 is 2.03 bits per heavy atom. The molecule has 0 aliphatic carbocycles. The number of nitrogens with zero attached hydrogens (tertiary/aromatic N) is 6. The predicted molar refractivity (Wildman–Crippen MR) is 107 cm³/mol. The molecule has 2 aromatic heterocycles. The van der Waals surface area contributed by atoms with Gasteiger partial charge >= 0.3 is 0 Å². The van der Waals surface area contributed by atoms with E-state index in [2.05, 4.69) is 32.0 Å². The van der Waals surface area contributed by atoms with Crippen LogP contribution >= 0.6 is 0 Å². The Morgan fingerprint density at radius 3 is 2.72 bits per heavy atom. The fraction of sp³-hybridized carbons (Fsp3) is 0.600. The molecule has 0 saturated carbocycles. The summed E-state index contributed by atoms with van der Waals surface area (Å²) in [7, 11) is 3.80. The Bertz CT molecular complexity index is 848. The summed E-state index contributed by atoms with van der Waals surface area (Å²) in [6, 6.07) is 1.96. The van der Waals surface area contributed by atoms with Gasteiger partial charge in [0, 0.05) is 64.8 Å². The van der Waals surface area contributed by atoms with Gasteiger partial charge in [0.2, 0.25) is 0 Å². The largest absolute Gasteiger partial charge is 0.379 e. The summed E-state index contributed by atoms with van der Waals surface area (Å²) in [5.74, 6) is 1.78. The molecule has 1 amide bonds. The molecule has 0 N–H and O–H groups in total. The Labute approximate surface area is 170 Å². The lowest BCUT2D eigenvalue weighted by molar-refractivity contribution is 0.0658. The molecule has 2 atom stereocenters. The van der Waals surface area contributed by atoms with Crippen LogP contribution in [0.2, 0.25) is 0 Å². The smallest absolute Gasteiger partial charge is 0.274 e. The van der Waals surface area contributed by atoms with Crippen molar-refractivity contribution in [3.8, 4) is 0 Å². The summed E-state index contributed by atoms with van der Waals surface area (Å²) in [6.07, 6.45) is 4.08. The number of aryl methyl sites for hydroxylation is 1. The summed E-state index contributed by atoms with van der Waals surface area (Å²) >= 11 is 0. The summed E-state index contributed by atoms with van der Waals surface area (Å²) in [5.41, 5.74) is 1.28. The number of ether oxygens (including phenoxy) is 1. The summed E-state index contributed by atoms with van der Waals surface area (Å²) < 4.78 is 11.1. The van der Waals surface area contributed by atoms with Crippen molar-refractivity contribution in [3.05, 3.63) is 35.6 Å². The van der Waals surface area contributed by atoms with E-state index in [0.717, 1.165) is 50.6 Å². The number of anilines is 1. The second-order valence-corrected chi connectivity index (χ2v) is 7.94. The summed E-state index contributed by atoms with van der Waals surface area (Å²) in [4.78, 5) is 28.0. The van der Waals surface area contributed by atoms with Crippen molar-refractivity contribution in [2.75, 3.05) is 58.3 Å². The van der Waals surface area contributed by atoms with Crippen LogP contribution in [0.15, 0.2) is 23.0 Å². The lowest BCUT2D eigenvalue weighted by atomic mass is 10.0. The van der Waals surface area contributed by atoms with Gasteiger partial charge < -0.3 is 24.0 Å². The standard InChI is InChI=1S/C20H28N6O3/c1-14-8-16(29-23-14)9-15-12-26(13-18(15)28-3)19-11-21-10-17(22-19)20(27)25-6-4-24(2)5-7-25/h8,10-11,15,18H,4-7,9,12-13H2,1-3H3/t15-,18+/m1/s1. The van der Waals surface area contributed by atoms with Gasteiger partial charge in [0.05, 0.1) is 24.2 Å². The second-order valence-electron chi connectivity index (χ2n) is 7.94. The van der Waals surface area contributed by atoms with Gasteiger partial charge in [-0.05, 0) is 14.0 Å². The molecule has 0 bridgehead atoms. The van der Waals surface area contributed by atoms with Crippen molar-refractivity contribution in [2.45, 2.75) is 19.4 Å². The van der Waals surface area contributed by atoms with Gasteiger partial charge in [0.15, 0.2) is 0 Å². The highest BCUT2D eigenvalue weighted by atomic mass is 16.5. The van der Waals surface area contributed by atoms with Crippen molar-refractivity contribution in [1.29, 1.82) is 0 Å². The number of hydrogen-bond acceptors (Lipinski definition) is 8. The topological polar surface area (TPSA) is 87.8 Å². The number of rotatable bonds is 5. The molecular formula is C20H28N6O3. The summed E-state index contributed by atoms with van der Waals surface area (Å²) in [5, 5.41) is 3.97. The van der Waals surface area contributed by atoms with Crippen LogP contribution in [0.25, 0.3) is 0 Å². The maximum Gasteiger partial charge on any atom is 0.274 e. The number of carbonyl (C=O) groups excluding carboxylic acids is 1. The molecule has 2 saturated heterocycles. The minimum atomic E-state index is -0.0522. The Balaban J connectivity index is 1.45. The average molecular weight is 400 g/mol. The molecule has 0 spiro atoms. The van der Waals surface area contributed by atoms with Gasteiger partial charge in [0.1, 0.15) is 17.3 Å². The van der Waals surface area contributed by atoms with Crippen LogP contribution in [-0.4, -0.2) is 90.4 Å². The van der Waals surface area contributed by atoms with Crippen LogP contribution in [-0.2, 0) is 11.2 Å². The van der Waals surface area contributed by atoms with Crippen LogP contribution in [0.4, 0.5) is 5.82 Å². The fourth-order valence-electron chi connectivity index (χ4n) is 4.05. The Kier molecular flexibility index (Phi) is 5.77. The zero-order valence-corrected chi connectivity index (χ0v) is 17.2. The van der Waals surface area contributed by atoms with E-state index in [-0.39, 0.29) is 17.9 Å². The number of hydrogen-bond donors (Lipinski definition) is 0. The molecule has 0 radical (unpaired) electrons. The molecule has 2 aromatic rings. The normalized spacial score (nSPS) is 23.0. The van der Waals surface area contributed by atoms with Crippen LogP contribution in [0.5, 0.6) is 0 Å². The molecular weight excluding hydrogens is 372 g/mol. The highest BCUT2D eigenvalue weighted by molar-refractivity contribution is 5.92. The van der Waals surface area contributed by atoms with Crippen LogP contribution in [0.3, 0.4) is 0 Å². The molecule has 29 heavy (non-hydrogen) atoms. The van der Waals surface area contributed by atoms with Gasteiger partial charge in [-0.3, -0.25) is 9.78 Å². The van der Waals surface area contributed by atoms with Gasteiger partial charge in [-0.2, -0.15) is 0 Å². The van der Waals surface area contributed by atoms with Gasteiger partial charge in [-0.15, -0.1) is 0 Å². The van der Waals surface area contributed by atoms with Gasteiger partial charge in [0.25, 0.3) is 5.91 Å². The minimum absolute atomic E-state index is 0.0522. The Morgan fingerprint density at radius 1 is 1.24 bits per heavy atom. The molecule has 9 heteroatoms. The SMILES string of the molecule is CO[C@H]1CN(c2cncc(C(=O)N3CCN(C)CC3)n2)C[C@H]1Cc1cc(C)no1. The van der Waals surface area contributed by atoms with E-state index in [4.69, 9.17) is 9.26 Å². The molecule has 2 fully saturated rings. The molecule has 2 aliphatic rings. The maximum atomic E-state index is 12.8. The van der Waals surface area contributed by atoms with Crippen LogP contribution in [0, 0.1) is 12.8 Å². The first kappa shape index (κ1) is 19.8. The molecule has 0 unspecified atom stereocenters. The highest BCUT2D eigenvalue weighted by Crippen LogP contribution is 2.27. The van der Waals surface area contributed by atoms with Gasteiger partial charge in [-0.25, -0.2) is 4.98 Å². The number of aromatic nitrogens is 3. The van der Waals surface area contributed by atoms with Crippen molar-refractivity contribution < 1.29 is 14.1 Å². The monoisotopic (exact) mass is 400 g/mol. The van der Waals surface area contributed by atoms with E-state index in [1.807, 2.05) is 17.9 Å². The van der Waals surface area contributed by atoms with E-state index in [1.54, 1.807) is 19.5 Å². The maximum absolute atomic E-state index is 12.8. The molecule has 2 aliphatic heterocycles. The lowest BCUT2D eigenvalue weighted by Gasteiger charge is -2.32. The molecule has 4 heterocycles. The molecule has 0 aromatic carbocycles. The van der Waals surface area contributed by atoms with E-state index in [9.17, 15) is 4.79 Å². The van der Waals surface area contributed by atoms with E-state index < -0.39 is 0 Å². The highest BCUT2D eigenvalue weighted by Gasteiger charge is 2.35. The Hall–Kier alpha value is -2.52. The van der Waals surface area contributed by atoms with Crippen LogP contribution < -0.4 is 4.90 Å². The number of piperazine rings is 1. The number of methoxy groups -OCH3 is 1. The van der Waals surface area contributed by atoms with Crippen molar-refractivity contribution in [3.63, 3.8) is 0 Å². The third-order valence-corrected chi connectivity index (χ3v) is 5.78. The zero-order valence-electron chi connectivity index (χ0n) is 17.2. The van der Waals surface area contributed by atoms with E-state index in [0.29, 0.717) is 18.1 Å². The van der Waals surface area contributed by atoms with Crippen LogP contribution in [0.1, 0.15) is 21.9 Å². The van der Waals surface area contributed by atoms with Crippen molar-refractivity contribution >= 4 is 11.7 Å². The van der Waals surface area contributed by atoms with Crippen molar-refractivity contribution in [2.24, 2.45) is 5.92 Å². The average Bonchev–Trinajstić information content (AvgIpc) is 3.34. The fourth-order valence-corrected chi connectivity index (χ4v) is 4.05. The molecule has 156 valence electrons. The summed E-state index contributed by atoms with van der Waals surface area (Å²) in [6.45, 7) is 6.58. The first-order chi connectivity index (χ1) is 14.0. The third kappa shape index (κ3) is 4.40. The number of carbonyl (C=O) groups is 1. The van der Waals surface area contributed by atoms with Crippen molar-refractivity contribution in [1.82, 2.24) is 24.9 Å². The molecule has 4 rings (SSSR count).